The van der Waals surface area contributed by atoms with Gasteiger partial charge in [-0.05, 0) is 18.3 Å². The van der Waals surface area contributed by atoms with Gasteiger partial charge in [0.25, 0.3) is 0 Å². The predicted octanol–water partition coefficient (Wildman–Crippen LogP) is 1.43. The van der Waals surface area contributed by atoms with E-state index in [1.807, 2.05) is 6.08 Å². The monoisotopic (exact) mass is 104 g/mol. The largest absolute Gasteiger partial charge is 0.256 e. The molecule has 0 aromatic rings. The van der Waals surface area contributed by atoms with E-state index in [2.05, 4.69) is 19.1 Å². The van der Waals surface area contributed by atoms with Crippen LogP contribution in [-0.4, -0.2) is 18.3 Å². The summed E-state index contributed by atoms with van der Waals surface area (Å²) >= 11 is 0. The first-order valence-corrected chi connectivity index (χ1v) is 4.45. The molecule has 38 valence electrons. The highest BCUT2D eigenvalue weighted by Crippen LogP contribution is 2.10. The van der Waals surface area contributed by atoms with Gasteiger partial charge in [0.1, 0.15) is 0 Å². The molecule has 0 amide bonds. The Balaban J connectivity index is 2.81. The molecule has 6 heavy (non-hydrogen) atoms. The molecule has 1 heteroatoms. The van der Waals surface area contributed by atoms with Crippen LogP contribution in [-0.2, 0) is 0 Å². The fraction of sp³-hybridized carbons (Fsp3) is 0.600. The molecule has 0 aromatic heterocycles. The molecular formula is C5H12S. The second-order valence-corrected chi connectivity index (χ2v) is 4.08. The van der Waals surface area contributed by atoms with Crippen molar-refractivity contribution in [3.63, 3.8) is 0 Å². The van der Waals surface area contributed by atoms with Crippen LogP contribution in [0, 0.1) is 0 Å². The van der Waals surface area contributed by atoms with Gasteiger partial charge < -0.3 is 0 Å². The Hall–Kier alpha value is 0.0900. The molecular weight excluding hydrogens is 92.1 g/mol. The third-order valence-corrected chi connectivity index (χ3v) is 1.48. The molecule has 0 fully saturated rings. The van der Waals surface area contributed by atoms with E-state index in [0.29, 0.717) is 0 Å². The average molecular weight is 104 g/mol. The summed E-state index contributed by atoms with van der Waals surface area (Å²) < 4.78 is 0. The summed E-state index contributed by atoms with van der Waals surface area (Å²) in [6.45, 7) is 3.62. The highest BCUT2D eigenvalue weighted by atomic mass is 32.2. The Labute approximate surface area is 42.6 Å². The van der Waals surface area contributed by atoms with Crippen molar-refractivity contribution in [2.24, 2.45) is 0 Å². The van der Waals surface area contributed by atoms with Gasteiger partial charge >= 0.3 is 0 Å². The molecule has 0 heterocycles. The molecule has 0 nitrogen and oxygen atoms in total. The molecule has 0 unspecified atom stereocenters. The van der Waals surface area contributed by atoms with Gasteiger partial charge in [-0.1, -0.05) is 6.08 Å². The van der Waals surface area contributed by atoms with E-state index in [1.165, 1.54) is 5.75 Å². The van der Waals surface area contributed by atoms with Crippen molar-refractivity contribution in [1.29, 1.82) is 0 Å². The summed E-state index contributed by atoms with van der Waals surface area (Å²) in [6.07, 6.45) is 6.47. The van der Waals surface area contributed by atoms with Crippen LogP contribution in [0.2, 0.25) is 0 Å². The maximum Gasteiger partial charge on any atom is -0.00785 e. The third-order valence-electron chi connectivity index (χ3n) is 0.494. The van der Waals surface area contributed by atoms with E-state index in [9.17, 15) is 0 Å². The number of thiol groups is 1. The van der Waals surface area contributed by atoms with E-state index in [1.54, 1.807) is 0 Å². The number of hydrogen-bond donors (Lipinski definition) is 1. The van der Waals surface area contributed by atoms with Crippen molar-refractivity contribution in [2.45, 2.75) is 0 Å². The number of hydrogen-bond acceptors (Lipinski definition) is 0. The van der Waals surface area contributed by atoms with Crippen LogP contribution in [0.3, 0.4) is 0 Å². The molecule has 0 aromatic carbocycles. The summed E-state index contributed by atoms with van der Waals surface area (Å²) in [4.78, 5) is 0. The lowest BCUT2D eigenvalue weighted by molar-refractivity contribution is 1.79. The zero-order valence-corrected chi connectivity index (χ0v) is 5.33. The van der Waals surface area contributed by atoms with E-state index < -0.39 is 0 Å². The highest BCUT2D eigenvalue weighted by Gasteiger charge is 1.76. The first-order chi connectivity index (χ1) is 2.77. The molecule has 0 atom stereocenters. The molecule has 0 aliphatic rings. The lowest BCUT2D eigenvalue weighted by Gasteiger charge is -2.00. The molecule has 0 aliphatic heterocycles. The quantitative estimate of drug-likeness (QED) is 0.397. The van der Waals surface area contributed by atoms with Gasteiger partial charge in [0, 0.05) is 0 Å². The second kappa shape index (κ2) is 3.29. The Bertz CT molecular complexity index is 39.2. The minimum atomic E-state index is 0.281. The van der Waals surface area contributed by atoms with E-state index in [-0.39, 0.29) is 10.9 Å². The minimum absolute atomic E-state index is 0.281. The topological polar surface area (TPSA) is 0 Å². The van der Waals surface area contributed by atoms with Gasteiger partial charge in [-0.15, -0.1) is 6.58 Å². The molecule has 0 rings (SSSR count). The maximum atomic E-state index is 3.62. The minimum Gasteiger partial charge on any atom is -0.256 e. The van der Waals surface area contributed by atoms with Crippen molar-refractivity contribution in [2.75, 3.05) is 18.3 Å². The van der Waals surface area contributed by atoms with Crippen molar-refractivity contribution < 1.29 is 0 Å². The Morgan fingerprint density at radius 2 is 2.17 bits per heavy atom. The van der Waals surface area contributed by atoms with Crippen LogP contribution in [0.5, 0.6) is 0 Å². The Kier molecular flexibility index (Phi) is 3.34. The predicted molar refractivity (Wildman–Crippen MR) is 35.9 cm³/mol. The van der Waals surface area contributed by atoms with Gasteiger partial charge in [0.05, 0.1) is 0 Å². The third kappa shape index (κ3) is 4.09. The fourth-order valence-corrected chi connectivity index (χ4v) is 0.775. The van der Waals surface area contributed by atoms with Crippen LogP contribution in [0.4, 0.5) is 0 Å². The Morgan fingerprint density at radius 3 is 2.17 bits per heavy atom. The van der Waals surface area contributed by atoms with Crippen molar-refractivity contribution in [3.8, 4) is 0 Å². The average Bonchev–Trinajstić information content (AvgIpc) is 1.35. The molecule has 0 spiro atoms. The molecule has 0 radical (unpaired) electrons. The summed E-state index contributed by atoms with van der Waals surface area (Å²) in [5, 5.41) is 0. The van der Waals surface area contributed by atoms with Crippen LogP contribution >= 0.6 is 10.9 Å². The van der Waals surface area contributed by atoms with Crippen LogP contribution in [0.1, 0.15) is 0 Å². The molecule has 0 N–H and O–H groups in total. The SMILES string of the molecule is C=CC[SH](C)C. The molecule has 0 aliphatic carbocycles. The smallest absolute Gasteiger partial charge is 0.00785 e. The van der Waals surface area contributed by atoms with E-state index in [4.69, 9.17) is 0 Å². The number of rotatable bonds is 2. The summed E-state index contributed by atoms with van der Waals surface area (Å²) in [7, 11) is 0.281. The maximum absolute atomic E-state index is 3.62. The van der Waals surface area contributed by atoms with Crippen LogP contribution < -0.4 is 0 Å². The van der Waals surface area contributed by atoms with Gasteiger partial charge in [-0.3, -0.25) is 10.9 Å². The first-order valence-electron chi connectivity index (χ1n) is 2.03. The second-order valence-electron chi connectivity index (χ2n) is 1.55. The lowest BCUT2D eigenvalue weighted by atomic mass is 10.8. The highest BCUT2D eigenvalue weighted by molar-refractivity contribution is 8.15. The van der Waals surface area contributed by atoms with Crippen LogP contribution in [0.25, 0.3) is 0 Å². The first kappa shape index (κ1) is 6.09. The van der Waals surface area contributed by atoms with Crippen molar-refractivity contribution in [1.82, 2.24) is 0 Å². The fourth-order valence-electron chi connectivity index (χ4n) is 0.258. The van der Waals surface area contributed by atoms with E-state index >= 15 is 0 Å². The zero-order chi connectivity index (χ0) is 4.99. The zero-order valence-electron chi connectivity index (χ0n) is 4.44. The van der Waals surface area contributed by atoms with Gasteiger partial charge in [-0.2, -0.15) is 0 Å². The molecule has 0 bridgehead atoms. The van der Waals surface area contributed by atoms with Gasteiger partial charge in [-0.25, -0.2) is 0 Å². The summed E-state index contributed by atoms with van der Waals surface area (Å²) in [6, 6.07) is 0. The van der Waals surface area contributed by atoms with Gasteiger partial charge in [0.2, 0.25) is 0 Å². The Morgan fingerprint density at radius 1 is 1.67 bits per heavy atom. The summed E-state index contributed by atoms with van der Waals surface area (Å²) in [5.41, 5.74) is 0. The molecule has 0 saturated heterocycles. The van der Waals surface area contributed by atoms with Crippen LogP contribution in [0.15, 0.2) is 12.7 Å². The van der Waals surface area contributed by atoms with E-state index in [0.717, 1.165) is 0 Å². The van der Waals surface area contributed by atoms with Crippen molar-refractivity contribution in [3.05, 3.63) is 12.7 Å². The van der Waals surface area contributed by atoms with Gasteiger partial charge in [0.15, 0.2) is 0 Å². The standard InChI is InChI=1S/C5H12S/c1-4-5-6(2)3/h4,6H,1,5H2,2-3H3. The molecule has 0 saturated carbocycles. The summed E-state index contributed by atoms with van der Waals surface area (Å²) in [5.74, 6) is 1.20. The normalized spacial score (nSPS) is 10.7. The van der Waals surface area contributed by atoms with Crippen molar-refractivity contribution >= 4 is 10.9 Å². The lowest BCUT2D eigenvalue weighted by Crippen LogP contribution is -1.74.